The molecule has 0 radical (unpaired) electrons. The summed E-state index contributed by atoms with van der Waals surface area (Å²) in [6, 6.07) is 8.05. The Kier molecular flexibility index (Phi) is 4.39. The highest BCUT2D eigenvalue weighted by Gasteiger charge is 2.11. The van der Waals surface area contributed by atoms with E-state index >= 15 is 0 Å². The molecule has 2 rings (SSSR count). The number of benzene rings is 2. The molecule has 1 amide bonds. The molecule has 4 nitrogen and oxygen atoms in total. The predicted molar refractivity (Wildman–Crippen MR) is 89.4 cm³/mol. The predicted octanol–water partition coefficient (Wildman–Crippen LogP) is 3.79. The highest BCUT2D eigenvalue weighted by Crippen LogP contribution is 2.27. The van der Waals surface area contributed by atoms with Gasteiger partial charge in [-0.2, -0.15) is 0 Å². The average molecular weight is 403 g/mol. The molecule has 0 spiro atoms. The van der Waals surface area contributed by atoms with E-state index in [0.29, 0.717) is 25.5 Å². The van der Waals surface area contributed by atoms with Crippen LogP contribution in [-0.4, -0.2) is 11.0 Å². The van der Waals surface area contributed by atoms with Gasteiger partial charge in [-0.1, -0.05) is 11.6 Å². The number of nitrogen functional groups attached to an aromatic ring is 1. The Morgan fingerprint density at radius 3 is 2.70 bits per heavy atom. The van der Waals surface area contributed by atoms with Crippen molar-refractivity contribution >= 4 is 51.5 Å². The Hall–Kier alpha value is -1.47. The van der Waals surface area contributed by atoms with Gasteiger partial charge in [-0.25, -0.2) is 0 Å². The number of aromatic hydroxyl groups is 1. The number of phenols is 1. The van der Waals surface area contributed by atoms with Gasteiger partial charge in [-0.15, -0.1) is 0 Å². The van der Waals surface area contributed by atoms with Crippen LogP contribution in [0, 0.1) is 10.5 Å². The molecule has 20 heavy (non-hydrogen) atoms. The Labute approximate surface area is 135 Å². The van der Waals surface area contributed by atoms with E-state index in [1.807, 2.05) is 29.5 Å². The van der Waals surface area contributed by atoms with Gasteiger partial charge in [-0.05, 0) is 65.4 Å². The van der Waals surface area contributed by atoms with Gasteiger partial charge in [0.05, 0.1) is 14.3 Å². The Balaban J connectivity index is 2.27. The third-order valence-corrected chi connectivity index (χ3v) is 4.04. The van der Waals surface area contributed by atoms with Crippen LogP contribution in [0.3, 0.4) is 0 Å². The molecule has 2 aromatic carbocycles. The zero-order chi connectivity index (χ0) is 14.9. The molecular weight excluding hydrogens is 391 g/mol. The topological polar surface area (TPSA) is 75.3 Å². The second-order valence-electron chi connectivity index (χ2n) is 4.31. The first-order valence-corrected chi connectivity index (χ1v) is 7.19. The molecule has 0 aliphatic rings. The van der Waals surface area contributed by atoms with Crippen LogP contribution in [0.15, 0.2) is 30.3 Å². The second kappa shape index (κ2) is 5.88. The van der Waals surface area contributed by atoms with Crippen LogP contribution in [0.25, 0.3) is 0 Å². The maximum atomic E-state index is 12.1. The van der Waals surface area contributed by atoms with Crippen molar-refractivity contribution in [2.45, 2.75) is 6.92 Å². The summed E-state index contributed by atoms with van der Waals surface area (Å²) in [5.74, 6) is -0.244. The number of hydrogen-bond donors (Lipinski definition) is 3. The van der Waals surface area contributed by atoms with Crippen molar-refractivity contribution in [2.24, 2.45) is 0 Å². The minimum Gasteiger partial charge on any atom is -0.507 e. The third-order valence-electron chi connectivity index (χ3n) is 2.80. The minimum atomic E-state index is -0.319. The van der Waals surface area contributed by atoms with E-state index in [1.54, 1.807) is 24.3 Å². The zero-order valence-electron chi connectivity index (χ0n) is 10.6. The molecule has 2 aromatic rings. The number of rotatable bonds is 2. The Bertz CT molecular complexity index is 689. The summed E-state index contributed by atoms with van der Waals surface area (Å²) in [6.45, 7) is 1.83. The third kappa shape index (κ3) is 3.16. The molecular formula is C14H12ClIN2O2. The van der Waals surface area contributed by atoms with Crippen molar-refractivity contribution < 1.29 is 9.90 Å². The number of amides is 1. The van der Waals surface area contributed by atoms with Crippen molar-refractivity contribution in [3.63, 3.8) is 0 Å². The van der Waals surface area contributed by atoms with Gasteiger partial charge in [0, 0.05) is 11.3 Å². The van der Waals surface area contributed by atoms with Crippen LogP contribution in [0.1, 0.15) is 15.9 Å². The van der Waals surface area contributed by atoms with Gasteiger partial charge < -0.3 is 16.2 Å². The van der Waals surface area contributed by atoms with Crippen LogP contribution in [0.4, 0.5) is 11.4 Å². The molecule has 0 saturated carbocycles. The summed E-state index contributed by atoms with van der Waals surface area (Å²) >= 11 is 7.93. The molecule has 0 fully saturated rings. The number of aryl methyl sites for hydroxylation is 1. The molecule has 0 atom stereocenters. The van der Waals surface area contributed by atoms with Gasteiger partial charge in [0.1, 0.15) is 5.75 Å². The smallest absolute Gasteiger partial charge is 0.255 e. The van der Waals surface area contributed by atoms with Crippen LogP contribution < -0.4 is 11.1 Å². The van der Waals surface area contributed by atoms with Crippen LogP contribution in [0.5, 0.6) is 5.75 Å². The molecule has 6 heteroatoms. The van der Waals surface area contributed by atoms with Gasteiger partial charge in [-0.3, -0.25) is 4.79 Å². The van der Waals surface area contributed by atoms with E-state index in [1.165, 1.54) is 6.07 Å². The summed E-state index contributed by atoms with van der Waals surface area (Å²) in [5, 5.41) is 12.8. The lowest BCUT2D eigenvalue weighted by molar-refractivity contribution is 0.102. The van der Waals surface area contributed by atoms with Crippen molar-refractivity contribution in [2.75, 3.05) is 11.1 Å². The monoisotopic (exact) mass is 402 g/mol. The largest absolute Gasteiger partial charge is 0.507 e. The highest BCUT2D eigenvalue weighted by molar-refractivity contribution is 14.1. The van der Waals surface area contributed by atoms with E-state index in [9.17, 15) is 9.90 Å². The Morgan fingerprint density at radius 2 is 2.05 bits per heavy atom. The van der Waals surface area contributed by atoms with Gasteiger partial charge in [0.25, 0.3) is 5.91 Å². The lowest BCUT2D eigenvalue weighted by Gasteiger charge is -2.11. The number of nitrogens with two attached hydrogens (primary N) is 1. The fraction of sp³-hybridized carbons (Fsp3) is 0.0714. The lowest BCUT2D eigenvalue weighted by Crippen LogP contribution is -2.13. The average Bonchev–Trinajstić information content (AvgIpc) is 2.39. The molecule has 0 saturated heterocycles. The summed E-state index contributed by atoms with van der Waals surface area (Å²) in [4.78, 5) is 12.1. The fourth-order valence-corrected chi connectivity index (χ4v) is 2.19. The molecule has 0 aliphatic heterocycles. The molecule has 0 aliphatic carbocycles. The number of carbonyl (C=O) groups excluding carboxylic acids is 1. The normalized spacial score (nSPS) is 10.3. The molecule has 0 bridgehead atoms. The molecule has 4 N–H and O–H groups in total. The molecule has 0 unspecified atom stereocenters. The maximum absolute atomic E-state index is 12.1. The summed E-state index contributed by atoms with van der Waals surface area (Å²) < 4.78 is 0.686. The molecule has 0 aromatic heterocycles. The van der Waals surface area contributed by atoms with Gasteiger partial charge >= 0.3 is 0 Å². The van der Waals surface area contributed by atoms with Crippen molar-refractivity contribution in [1.29, 1.82) is 0 Å². The molecule has 0 heterocycles. The number of hydrogen-bond acceptors (Lipinski definition) is 3. The summed E-state index contributed by atoms with van der Waals surface area (Å²) in [6.07, 6.45) is 0. The number of anilines is 2. The van der Waals surface area contributed by atoms with Crippen LogP contribution in [-0.2, 0) is 0 Å². The number of phenolic OH excluding ortho intramolecular Hbond substituents is 1. The standard InChI is InChI=1S/C14H12ClIN2O2/c1-7-4-11(17)9(15)6-12(7)18-14(20)8-2-3-10(16)13(19)5-8/h2-6,19H,17H2,1H3,(H,18,20). The number of nitrogens with one attached hydrogen (secondary N) is 1. The SMILES string of the molecule is Cc1cc(N)c(Cl)cc1NC(=O)c1ccc(I)c(O)c1. The van der Waals surface area contributed by atoms with Crippen molar-refractivity contribution in [1.82, 2.24) is 0 Å². The van der Waals surface area contributed by atoms with Gasteiger partial charge in [0.15, 0.2) is 0 Å². The van der Waals surface area contributed by atoms with Crippen LogP contribution >= 0.6 is 34.2 Å². The Morgan fingerprint density at radius 1 is 1.35 bits per heavy atom. The molecule has 104 valence electrons. The fourth-order valence-electron chi connectivity index (χ4n) is 1.69. The van der Waals surface area contributed by atoms with E-state index < -0.39 is 0 Å². The maximum Gasteiger partial charge on any atom is 0.255 e. The number of halogens is 2. The van der Waals surface area contributed by atoms with Gasteiger partial charge in [0.2, 0.25) is 0 Å². The highest BCUT2D eigenvalue weighted by atomic mass is 127. The van der Waals surface area contributed by atoms with E-state index in [-0.39, 0.29) is 11.7 Å². The van der Waals surface area contributed by atoms with Crippen molar-refractivity contribution in [3.05, 3.63) is 50.1 Å². The first kappa shape index (κ1) is 14.9. The van der Waals surface area contributed by atoms with E-state index in [0.717, 1.165) is 5.56 Å². The van der Waals surface area contributed by atoms with Crippen molar-refractivity contribution in [3.8, 4) is 5.75 Å². The first-order chi connectivity index (χ1) is 9.38. The summed E-state index contributed by atoms with van der Waals surface area (Å²) in [5.41, 5.74) is 7.93. The first-order valence-electron chi connectivity index (χ1n) is 5.74. The van der Waals surface area contributed by atoms with Crippen LogP contribution in [0.2, 0.25) is 5.02 Å². The zero-order valence-corrected chi connectivity index (χ0v) is 13.5. The summed E-state index contributed by atoms with van der Waals surface area (Å²) in [7, 11) is 0. The van der Waals surface area contributed by atoms with E-state index in [4.69, 9.17) is 17.3 Å². The quantitative estimate of drug-likeness (QED) is 0.528. The lowest BCUT2D eigenvalue weighted by atomic mass is 10.1. The van der Waals surface area contributed by atoms with E-state index in [2.05, 4.69) is 5.32 Å². The second-order valence-corrected chi connectivity index (χ2v) is 5.88. The number of carbonyl (C=O) groups is 1. The minimum absolute atomic E-state index is 0.0744.